The second-order valence-corrected chi connectivity index (χ2v) is 38.6. The molecule has 9 aromatic carbocycles. The molecule has 137 heavy (non-hydrogen) atoms. The molecular weight excluding hydrogens is 1720 g/mol. The number of aldehydes is 3. The van der Waals surface area contributed by atoms with Gasteiger partial charge >= 0.3 is 6.09 Å². The van der Waals surface area contributed by atoms with E-state index in [1.54, 1.807) is 6.08 Å². The summed E-state index contributed by atoms with van der Waals surface area (Å²) in [6, 6.07) is 65.4. The van der Waals surface area contributed by atoms with Gasteiger partial charge in [0.05, 0.1) is 37.0 Å². The molecule has 0 aliphatic heterocycles. The number of hydrogen-bond acceptors (Lipinski definition) is 16. The summed E-state index contributed by atoms with van der Waals surface area (Å²) in [4.78, 5) is 194. The predicted molar refractivity (Wildman–Crippen MR) is 535 cm³/mol. The van der Waals surface area contributed by atoms with Crippen LogP contribution in [0.2, 0.25) is 0 Å². The largest absolute Gasteiger partial charge is 0.445 e. The van der Waals surface area contributed by atoms with Gasteiger partial charge in [0.15, 0.2) is 17.3 Å². The summed E-state index contributed by atoms with van der Waals surface area (Å²) in [6.45, 7) is 12.0. The lowest BCUT2D eigenvalue weighted by atomic mass is 9.82. The van der Waals surface area contributed by atoms with Crippen LogP contribution in [0, 0.1) is 53.3 Å². The molecule has 12 atom stereocenters. The molecule has 3 saturated carbocycles. The molecule has 6 N–H and O–H groups in total. The molecule has 22 heteroatoms. The van der Waals surface area contributed by atoms with Crippen LogP contribution in [0.4, 0.5) is 4.79 Å². The standard InChI is InChI=1S/C39H48N2O5.C39H46N2O5.C37H44N2O6/c2*1-27(2)22-32(39(46)40-33(18-11-21-42)24-31-15-7-9-20-36(31)43)26-37(44)35(41-38(45)23-28-12-4-3-5-13-28)25-30-17-10-16-29-14-6-8-19-34(29)30;1-25(2)19-30(36(43)38-31(23-40)20-29-14-7-9-18-34(29)41)22-35(42)33(39-37(44)45-24-26-11-4-3-5-12-26)21-28-16-10-15-27-13-6-8-17-32(27)28/h3-6,8,10,12-14,16-17,19,21,27,31-33,35H,7,9,11,15,18,20,22-26H2,1-2H3,(H,40,46)(H,41,45);3-6,8,10-14,16-19,21,27,31-33,35H,7,9,15,20,22-26H2,1-2H3,(H,40,46)(H,41,45);3-6,8,10-13,15-17,23,25,29-31,33H,7,9,14,18-22,24H2,1-2H3,(H,38,43)(H,39,44)/b;18-11+;/t2*31-,32+,33+,35-;29-,30+,31-,33+/m000/s1. The average molecular weight is 1860 g/mol. The Bertz CT molecular complexity index is 5540. The summed E-state index contributed by atoms with van der Waals surface area (Å²) in [5.41, 5.74) is 5.30. The zero-order chi connectivity index (χ0) is 98.0. The van der Waals surface area contributed by atoms with Gasteiger partial charge in [-0.15, -0.1) is 0 Å². The van der Waals surface area contributed by atoms with Gasteiger partial charge in [0.25, 0.3) is 0 Å². The maximum atomic E-state index is 14.1. The maximum absolute atomic E-state index is 14.1. The molecule has 0 saturated heterocycles. The van der Waals surface area contributed by atoms with Gasteiger partial charge < -0.3 is 46.2 Å². The minimum Gasteiger partial charge on any atom is -0.445 e. The van der Waals surface area contributed by atoms with Gasteiger partial charge in [0.2, 0.25) is 29.5 Å². The Morgan fingerprint density at radius 1 is 0.372 bits per heavy atom. The fourth-order valence-electron chi connectivity index (χ4n) is 19.3. The van der Waals surface area contributed by atoms with Crippen LogP contribution >= 0.6 is 0 Å². The Labute approximate surface area is 806 Å². The molecule has 12 rings (SSSR count). The first-order chi connectivity index (χ1) is 66.2. The normalized spacial score (nSPS) is 16.9. The molecule has 6 amide bonds. The zero-order valence-electron chi connectivity index (χ0n) is 80.4. The smallest absolute Gasteiger partial charge is 0.408 e. The third kappa shape index (κ3) is 35.3. The fraction of sp³-hybridized carbons (Fsp3) is 0.435. The number of amides is 6. The van der Waals surface area contributed by atoms with E-state index in [0.29, 0.717) is 89.6 Å². The molecule has 3 aliphatic rings. The summed E-state index contributed by atoms with van der Waals surface area (Å²) in [5, 5.41) is 23.9. The number of carbonyl (C=O) groups is 15. The lowest BCUT2D eigenvalue weighted by molar-refractivity contribution is -0.132. The van der Waals surface area contributed by atoms with E-state index < -0.39 is 60.0 Å². The summed E-state index contributed by atoms with van der Waals surface area (Å²) >= 11 is 0. The molecule has 22 nitrogen and oxygen atoms in total. The van der Waals surface area contributed by atoms with Crippen LogP contribution in [0.15, 0.2) is 231 Å². The van der Waals surface area contributed by atoms with Crippen LogP contribution in [-0.2, 0) is 111 Å². The van der Waals surface area contributed by atoms with Crippen molar-refractivity contribution >= 4 is 122 Å². The van der Waals surface area contributed by atoms with Crippen LogP contribution < -0.4 is 31.9 Å². The third-order valence-corrected chi connectivity index (χ3v) is 26.3. The molecule has 3 fully saturated rings. The van der Waals surface area contributed by atoms with Crippen molar-refractivity contribution in [2.75, 3.05) is 0 Å². The number of allylic oxidation sites excluding steroid dienone is 1. The van der Waals surface area contributed by atoms with Gasteiger partial charge in [0.1, 0.15) is 42.8 Å². The molecule has 724 valence electrons. The molecule has 9 aromatic rings. The Kier molecular flexibility index (Phi) is 43.4. The molecule has 0 heterocycles. The van der Waals surface area contributed by atoms with Gasteiger partial charge in [-0.25, -0.2) is 4.79 Å². The van der Waals surface area contributed by atoms with Crippen molar-refractivity contribution in [2.45, 2.75) is 264 Å². The average Bonchev–Trinajstić information content (AvgIpc) is 0.820. The lowest BCUT2D eigenvalue weighted by Crippen LogP contribution is -2.46. The number of carbonyl (C=O) groups excluding carboxylic acids is 15. The van der Waals surface area contributed by atoms with Gasteiger partial charge in [-0.1, -0.05) is 285 Å². The Hall–Kier alpha value is -12.9. The van der Waals surface area contributed by atoms with E-state index in [9.17, 15) is 71.9 Å². The number of Topliss-reactive ketones (excluding diaryl/α,β-unsaturated/α-hetero) is 6. The number of benzene rings is 9. The molecular formula is C115H138N6O16. The minimum absolute atomic E-state index is 0.0200. The van der Waals surface area contributed by atoms with Crippen molar-refractivity contribution in [1.29, 1.82) is 0 Å². The Morgan fingerprint density at radius 3 is 1.09 bits per heavy atom. The summed E-state index contributed by atoms with van der Waals surface area (Å²) in [5.74, 6) is -3.64. The van der Waals surface area contributed by atoms with E-state index in [-0.39, 0.29) is 151 Å². The predicted octanol–water partition coefficient (Wildman–Crippen LogP) is 18.6. The first-order valence-corrected chi connectivity index (χ1v) is 49.3. The first kappa shape index (κ1) is 106. The van der Waals surface area contributed by atoms with Crippen molar-refractivity contribution in [1.82, 2.24) is 31.9 Å². The van der Waals surface area contributed by atoms with Crippen LogP contribution in [0.3, 0.4) is 0 Å². The van der Waals surface area contributed by atoms with Crippen LogP contribution in [0.1, 0.15) is 223 Å². The highest BCUT2D eigenvalue weighted by Gasteiger charge is 2.37. The SMILES string of the molecule is CC(C)C[C@H](CC(=O)[C@@H](Cc1cccc2ccccc12)NC(=O)OCc1ccccc1)C(=O)N[C@H](C=O)C[C@@H]1CCCCC1=O.CC(C)C[C@H](CC(=O)[C@H](Cc1cccc2ccccc12)NC(=O)Cc1ccccc1)C(=O)N[C@H](/C=C/C=O)C[C@@H]1CCCCC1=O.CC(C)C[C@H](CC(=O)[C@H](Cc1cccc2ccccc12)NC(=O)Cc1ccccc1)C(=O)N[C@H](CCC=O)C[C@@H]1CCCCC1=O. The molecule has 0 spiro atoms. The van der Waals surface area contributed by atoms with E-state index in [1.807, 2.05) is 260 Å². The summed E-state index contributed by atoms with van der Waals surface area (Å²) in [6.07, 6.45) is 18.2. The highest BCUT2D eigenvalue weighted by molar-refractivity contribution is 5.98. The van der Waals surface area contributed by atoms with E-state index in [0.717, 1.165) is 130 Å². The van der Waals surface area contributed by atoms with E-state index >= 15 is 0 Å². The number of hydrogen-bond donors (Lipinski definition) is 6. The van der Waals surface area contributed by atoms with E-state index in [2.05, 4.69) is 31.9 Å². The lowest BCUT2D eigenvalue weighted by Gasteiger charge is -2.28. The monoisotopic (exact) mass is 1860 g/mol. The van der Waals surface area contributed by atoms with E-state index in [1.165, 1.54) is 6.08 Å². The molecule has 0 aromatic heterocycles. The highest BCUT2D eigenvalue weighted by atomic mass is 16.5. The van der Waals surface area contributed by atoms with Crippen molar-refractivity contribution in [3.05, 3.63) is 264 Å². The highest BCUT2D eigenvalue weighted by Crippen LogP contribution is 2.33. The van der Waals surface area contributed by atoms with Crippen molar-refractivity contribution in [2.24, 2.45) is 53.3 Å². The van der Waals surface area contributed by atoms with Gasteiger partial charge in [-0.3, -0.25) is 57.5 Å². The van der Waals surface area contributed by atoms with Crippen LogP contribution in [0.5, 0.6) is 0 Å². The van der Waals surface area contributed by atoms with E-state index in [4.69, 9.17) is 4.74 Å². The molecule has 3 aliphatic carbocycles. The van der Waals surface area contributed by atoms with Gasteiger partial charge in [-0.2, -0.15) is 0 Å². The second kappa shape index (κ2) is 56.0. The number of rotatable bonds is 48. The quantitative estimate of drug-likeness (QED) is 0.0152. The topological polar surface area (TPSA) is 337 Å². The third-order valence-electron chi connectivity index (χ3n) is 26.3. The first-order valence-electron chi connectivity index (χ1n) is 49.3. The van der Waals surface area contributed by atoms with Crippen LogP contribution in [-0.4, -0.2) is 125 Å². The number of ether oxygens (including phenoxy) is 1. The van der Waals surface area contributed by atoms with Crippen LogP contribution in [0.25, 0.3) is 32.3 Å². The van der Waals surface area contributed by atoms with Crippen molar-refractivity contribution in [3.8, 4) is 0 Å². The van der Waals surface area contributed by atoms with Gasteiger partial charge in [0, 0.05) is 112 Å². The molecule has 0 bridgehead atoms. The van der Waals surface area contributed by atoms with Gasteiger partial charge in [-0.05, 0) is 173 Å². The van der Waals surface area contributed by atoms with Crippen molar-refractivity contribution in [3.63, 3.8) is 0 Å². The fourth-order valence-corrected chi connectivity index (χ4v) is 19.3. The Balaban J connectivity index is 0.000000212. The summed E-state index contributed by atoms with van der Waals surface area (Å²) in [7, 11) is 0. The molecule has 0 radical (unpaired) electrons. The number of ketones is 6. The van der Waals surface area contributed by atoms with Crippen molar-refractivity contribution < 1.29 is 76.7 Å². The Morgan fingerprint density at radius 2 is 0.715 bits per heavy atom. The number of alkyl carbamates (subject to hydrolysis) is 1. The molecule has 0 unspecified atom stereocenters. The number of fused-ring (bicyclic) bond motifs is 3. The minimum atomic E-state index is -0.941. The second-order valence-electron chi connectivity index (χ2n) is 38.6. The maximum Gasteiger partial charge on any atom is 0.408 e. The summed E-state index contributed by atoms with van der Waals surface area (Å²) < 4.78 is 5.45. The number of nitrogens with one attached hydrogen (secondary N) is 6. The zero-order valence-corrected chi connectivity index (χ0v) is 80.4.